The molecule has 0 aliphatic carbocycles. The molecule has 3 nitrogen and oxygen atoms in total. The molecule has 0 radical (unpaired) electrons. The van der Waals surface area contributed by atoms with Crippen LogP contribution in [0.2, 0.25) is 58.9 Å². The molecule has 1 aromatic rings. The van der Waals surface area contributed by atoms with Gasteiger partial charge in [0.2, 0.25) is 0 Å². The van der Waals surface area contributed by atoms with Crippen LogP contribution in [0.1, 0.15) is 14.9 Å². The monoisotopic (exact) mass is 404 g/mol. The first-order valence-corrected chi connectivity index (χ1v) is 19.8. The maximum Gasteiger partial charge on any atom is 0.350 e. The van der Waals surface area contributed by atoms with Gasteiger partial charge in [-0.2, -0.15) is 0 Å². The third kappa shape index (κ3) is 9.45. The minimum Gasteiger partial charge on any atom is -0.437 e. The lowest BCUT2D eigenvalue weighted by Gasteiger charge is -2.41. The molecule has 1 atom stereocenters. The molecule has 0 heterocycles. The second-order valence-corrected chi connectivity index (χ2v) is 24.4. The highest BCUT2D eigenvalue weighted by atomic mass is 28.5. The summed E-state index contributed by atoms with van der Waals surface area (Å²) in [5, 5.41) is 1.19. The summed E-state index contributed by atoms with van der Waals surface area (Å²) in [4.78, 5) is 0. The Labute approximate surface area is 155 Å². The highest BCUT2D eigenvalue weighted by molar-refractivity contribution is 6.94. The van der Waals surface area contributed by atoms with Gasteiger partial charge in [0.05, 0.1) is 0 Å². The Morgan fingerprint density at radius 3 is 1.38 bits per heavy atom. The van der Waals surface area contributed by atoms with Crippen LogP contribution < -0.4 is 5.19 Å². The molecule has 0 N–H and O–H groups in total. The second-order valence-electron chi connectivity index (χ2n) is 8.24. The number of rotatable bonds is 7. The van der Waals surface area contributed by atoms with E-state index in [9.17, 15) is 0 Å². The highest BCUT2D eigenvalue weighted by Gasteiger charge is 2.45. The Morgan fingerprint density at radius 2 is 1.00 bits per heavy atom. The molecule has 0 saturated heterocycles. The summed E-state index contributed by atoms with van der Waals surface area (Å²) in [5.41, 5.74) is 0. The van der Waals surface area contributed by atoms with Crippen molar-refractivity contribution in [2.75, 3.05) is 0 Å². The first-order chi connectivity index (χ1) is 9.73. The highest BCUT2D eigenvalue weighted by Crippen LogP contribution is 2.24. The van der Waals surface area contributed by atoms with Gasteiger partial charge in [-0.15, -0.1) is 0 Å². The third-order valence-electron chi connectivity index (χ3n) is 2.79. The van der Waals surface area contributed by atoms with Gasteiger partial charge in [-0.3, -0.25) is 0 Å². The maximum atomic E-state index is 6.67. The van der Waals surface area contributed by atoms with E-state index in [2.05, 4.69) is 83.2 Å². The van der Waals surface area contributed by atoms with Gasteiger partial charge in [0.1, 0.15) is 0 Å². The molecule has 0 aliphatic rings. The summed E-state index contributed by atoms with van der Waals surface area (Å²) in [6.07, 6.45) is 0. The summed E-state index contributed by atoms with van der Waals surface area (Å²) in [7, 11) is -8.07. The van der Waals surface area contributed by atoms with Crippen molar-refractivity contribution in [2.24, 2.45) is 0 Å². The Hall–Kier alpha value is -0.0325. The Balaban J connectivity index is 0. The van der Waals surface area contributed by atoms with Crippen LogP contribution in [0.4, 0.5) is 0 Å². The Morgan fingerprint density at radius 1 is 0.583 bits per heavy atom. The van der Waals surface area contributed by atoms with Crippen molar-refractivity contribution in [1.82, 2.24) is 0 Å². The van der Waals surface area contributed by atoms with E-state index in [1.807, 2.05) is 6.07 Å². The second kappa shape index (κ2) is 9.06. The standard InChI is InChI=1S/C15H32O3Si4.2CH4/c1-19(2,3)16-21(7,8)18-22(9,17-20(4,5)6)15-13-11-10-12-14-15;;/h10-14H,1-9H3;2*1H4. The normalized spacial score (nSPS) is 15.0. The minimum atomic E-state index is -2.48. The molecule has 1 unspecified atom stereocenters. The average Bonchev–Trinajstić information content (AvgIpc) is 2.22. The number of hydrogen-bond donors (Lipinski definition) is 0. The molecule has 7 heteroatoms. The number of benzene rings is 1. The van der Waals surface area contributed by atoms with Crippen molar-refractivity contribution in [3.05, 3.63) is 30.3 Å². The lowest BCUT2D eigenvalue weighted by atomic mass is 10.4. The van der Waals surface area contributed by atoms with E-state index < -0.39 is 33.8 Å². The zero-order valence-corrected chi connectivity index (χ0v) is 19.6. The summed E-state index contributed by atoms with van der Waals surface area (Å²) >= 11 is 0. The average molecular weight is 405 g/mol. The van der Waals surface area contributed by atoms with E-state index in [0.29, 0.717) is 0 Å². The molecule has 0 saturated carbocycles. The lowest BCUT2D eigenvalue weighted by Crippen LogP contribution is -2.62. The van der Waals surface area contributed by atoms with Crippen LogP contribution in [0.3, 0.4) is 0 Å². The van der Waals surface area contributed by atoms with Crippen molar-refractivity contribution < 1.29 is 12.3 Å². The van der Waals surface area contributed by atoms with Gasteiger partial charge in [-0.25, -0.2) is 0 Å². The molecule has 0 aromatic heterocycles. The predicted molar refractivity (Wildman–Crippen MR) is 119 cm³/mol. The molecular weight excluding hydrogens is 365 g/mol. The fourth-order valence-electron chi connectivity index (χ4n) is 2.69. The van der Waals surface area contributed by atoms with Gasteiger partial charge in [0, 0.05) is 0 Å². The first-order valence-electron chi connectivity index (χ1n) is 7.89. The minimum absolute atomic E-state index is 0. The van der Waals surface area contributed by atoms with E-state index in [4.69, 9.17) is 12.3 Å². The van der Waals surface area contributed by atoms with E-state index >= 15 is 0 Å². The van der Waals surface area contributed by atoms with Gasteiger partial charge in [-0.05, 0) is 64.1 Å². The van der Waals surface area contributed by atoms with Gasteiger partial charge >= 0.3 is 17.1 Å². The molecule has 0 bridgehead atoms. The summed E-state index contributed by atoms with van der Waals surface area (Å²) in [5.74, 6) is 0. The molecule has 142 valence electrons. The van der Waals surface area contributed by atoms with Crippen LogP contribution in [0.5, 0.6) is 0 Å². The van der Waals surface area contributed by atoms with Crippen LogP contribution >= 0.6 is 0 Å². The fourth-order valence-corrected chi connectivity index (χ4v) is 19.8. The van der Waals surface area contributed by atoms with Crippen molar-refractivity contribution in [1.29, 1.82) is 0 Å². The largest absolute Gasteiger partial charge is 0.437 e. The van der Waals surface area contributed by atoms with E-state index in [0.717, 1.165) is 0 Å². The van der Waals surface area contributed by atoms with Gasteiger partial charge in [-0.1, -0.05) is 45.2 Å². The zero-order chi connectivity index (χ0) is 17.2. The lowest BCUT2D eigenvalue weighted by molar-refractivity contribution is 0.337. The molecule has 0 fully saturated rings. The summed E-state index contributed by atoms with van der Waals surface area (Å²) in [6, 6.07) is 10.4. The third-order valence-corrected chi connectivity index (χ3v) is 16.1. The van der Waals surface area contributed by atoms with Crippen LogP contribution in [0.25, 0.3) is 0 Å². The van der Waals surface area contributed by atoms with E-state index in [1.54, 1.807) is 0 Å². The van der Waals surface area contributed by atoms with Gasteiger partial charge in [0.15, 0.2) is 16.6 Å². The SMILES string of the molecule is C.C.C[Si](C)(C)O[Si](C)(C)O[Si](C)(O[Si](C)(C)C)c1ccccc1. The molecule has 0 aliphatic heterocycles. The molecular formula is C17H40O3Si4. The quantitative estimate of drug-likeness (QED) is 0.549. The van der Waals surface area contributed by atoms with Crippen molar-refractivity contribution in [2.45, 2.75) is 73.8 Å². The first kappa shape index (κ1) is 26.2. The maximum absolute atomic E-state index is 6.67. The predicted octanol–water partition coefficient (Wildman–Crippen LogP) is 5.66. The van der Waals surface area contributed by atoms with Crippen molar-refractivity contribution in [3.63, 3.8) is 0 Å². The molecule has 1 rings (SSSR count). The zero-order valence-electron chi connectivity index (χ0n) is 15.6. The fraction of sp³-hybridized carbons (Fsp3) is 0.647. The molecule has 24 heavy (non-hydrogen) atoms. The topological polar surface area (TPSA) is 27.7 Å². The van der Waals surface area contributed by atoms with Crippen LogP contribution in [-0.4, -0.2) is 33.8 Å². The van der Waals surface area contributed by atoms with Gasteiger partial charge in [0.25, 0.3) is 0 Å². The summed E-state index contributed by atoms with van der Waals surface area (Å²) in [6.45, 7) is 19.8. The van der Waals surface area contributed by atoms with Crippen molar-refractivity contribution >= 4 is 38.9 Å². The van der Waals surface area contributed by atoms with Crippen LogP contribution in [0.15, 0.2) is 30.3 Å². The van der Waals surface area contributed by atoms with Crippen LogP contribution in [-0.2, 0) is 12.3 Å². The van der Waals surface area contributed by atoms with Crippen LogP contribution in [0, 0.1) is 0 Å². The van der Waals surface area contributed by atoms with E-state index in [1.165, 1.54) is 5.19 Å². The Kier molecular flexibility index (Phi) is 9.90. The van der Waals surface area contributed by atoms with Gasteiger partial charge < -0.3 is 12.3 Å². The molecule has 0 spiro atoms. The summed E-state index contributed by atoms with van der Waals surface area (Å²) < 4.78 is 19.6. The number of hydrogen-bond acceptors (Lipinski definition) is 3. The molecule has 0 amide bonds. The smallest absolute Gasteiger partial charge is 0.350 e. The van der Waals surface area contributed by atoms with E-state index in [-0.39, 0.29) is 14.9 Å². The molecule has 1 aromatic carbocycles. The Bertz CT molecular complexity index is 481. The van der Waals surface area contributed by atoms with Crippen molar-refractivity contribution in [3.8, 4) is 0 Å².